The summed E-state index contributed by atoms with van der Waals surface area (Å²) < 4.78 is 5.46. The second-order valence-electron chi connectivity index (χ2n) is 7.80. The summed E-state index contributed by atoms with van der Waals surface area (Å²) in [6.07, 6.45) is 0.939. The molecule has 2 amide bonds. The van der Waals surface area contributed by atoms with Gasteiger partial charge in [-0.05, 0) is 48.9 Å². The maximum Gasteiger partial charge on any atom is 0.410 e. The summed E-state index contributed by atoms with van der Waals surface area (Å²) in [6, 6.07) is 17.4. The first kappa shape index (κ1) is 19.9. The number of hydrogen-bond acceptors (Lipinski definition) is 3. The van der Waals surface area contributed by atoms with Gasteiger partial charge >= 0.3 is 6.09 Å². The lowest BCUT2D eigenvalue weighted by Crippen LogP contribution is -2.53. The van der Waals surface area contributed by atoms with Crippen LogP contribution in [0.5, 0.6) is 0 Å². The average molecular weight is 380 g/mol. The molecule has 2 aromatic carbocycles. The standard InChI is InChI=1S/C23H28N2O3/c1-17(2)19-10-12-20(13-11-19)24-21(26)23(3)14-7-15-25(23)22(27)28-16-18-8-5-4-6-9-18/h4-6,8-13,17H,7,14-16H2,1-3H3,(H,24,26). The van der Waals surface area contributed by atoms with Crippen LogP contribution in [0.1, 0.15) is 50.7 Å². The SMILES string of the molecule is CC(C)c1ccc(NC(=O)C2(C)CCCN2C(=O)OCc2ccccc2)cc1. The quantitative estimate of drug-likeness (QED) is 0.799. The predicted octanol–water partition coefficient (Wildman–Crippen LogP) is 4.94. The van der Waals surface area contributed by atoms with Gasteiger partial charge in [0.25, 0.3) is 0 Å². The molecule has 28 heavy (non-hydrogen) atoms. The van der Waals surface area contributed by atoms with Gasteiger partial charge < -0.3 is 10.1 Å². The van der Waals surface area contributed by atoms with Crippen LogP contribution in [0.2, 0.25) is 0 Å². The van der Waals surface area contributed by atoms with Crippen molar-refractivity contribution in [3.8, 4) is 0 Å². The van der Waals surface area contributed by atoms with E-state index in [2.05, 4.69) is 19.2 Å². The number of benzene rings is 2. The molecule has 3 rings (SSSR count). The van der Waals surface area contributed by atoms with Gasteiger partial charge in [-0.15, -0.1) is 0 Å². The monoisotopic (exact) mass is 380 g/mol. The third-order valence-electron chi connectivity index (χ3n) is 5.39. The summed E-state index contributed by atoms with van der Waals surface area (Å²) in [5, 5.41) is 2.96. The fourth-order valence-electron chi connectivity index (χ4n) is 3.51. The molecule has 0 spiro atoms. The summed E-state index contributed by atoms with van der Waals surface area (Å²) >= 11 is 0. The molecule has 1 heterocycles. The van der Waals surface area contributed by atoms with Crippen molar-refractivity contribution in [1.29, 1.82) is 0 Å². The molecule has 2 aromatic rings. The zero-order chi connectivity index (χ0) is 20.1. The second kappa shape index (κ2) is 8.46. The summed E-state index contributed by atoms with van der Waals surface area (Å²) in [5.41, 5.74) is 1.97. The number of likely N-dealkylation sites (tertiary alicyclic amines) is 1. The maximum absolute atomic E-state index is 13.0. The number of ether oxygens (including phenoxy) is 1. The molecule has 1 aliphatic heterocycles. The van der Waals surface area contributed by atoms with E-state index in [1.54, 1.807) is 4.90 Å². The molecule has 1 unspecified atom stereocenters. The van der Waals surface area contributed by atoms with E-state index < -0.39 is 11.6 Å². The molecule has 0 aromatic heterocycles. The van der Waals surface area contributed by atoms with Crippen LogP contribution in [0.25, 0.3) is 0 Å². The first-order valence-corrected chi connectivity index (χ1v) is 9.80. The van der Waals surface area contributed by atoms with E-state index in [9.17, 15) is 9.59 Å². The Labute approximate surface area is 166 Å². The summed E-state index contributed by atoms with van der Waals surface area (Å²) in [7, 11) is 0. The van der Waals surface area contributed by atoms with Gasteiger partial charge in [0, 0.05) is 12.2 Å². The van der Waals surface area contributed by atoms with Crippen molar-refractivity contribution in [2.24, 2.45) is 0 Å². The van der Waals surface area contributed by atoms with Crippen molar-refractivity contribution in [2.45, 2.75) is 51.7 Å². The van der Waals surface area contributed by atoms with Crippen LogP contribution in [-0.4, -0.2) is 29.0 Å². The molecule has 0 aliphatic carbocycles. The van der Waals surface area contributed by atoms with Crippen LogP contribution in [0.15, 0.2) is 54.6 Å². The fraction of sp³-hybridized carbons (Fsp3) is 0.391. The third-order valence-corrected chi connectivity index (χ3v) is 5.39. The molecule has 0 radical (unpaired) electrons. The van der Waals surface area contributed by atoms with E-state index in [-0.39, 0.29) is 12.5 Å². The molecule has 1 atom stereocenters. The van der Waals surface area contributed by atoms with Crippen LogP contribution in [0, 0.1) is 0 Å². The summed E-state index contributed by atoms with van der Waals surface area (Å²) in [5.74, 6) is 0.255. The first-order valence-electron chi connectivity index (χ1n) is 9.80. The van der Waals surface area contributed by atoms with Crippen LogP contribution < -0.4 is 5.32 Å². The Bertz CT molecular complexity index is 818. The lowest BCUT2D eigenvalue weighted by Gasteiger charge is -2.33. The van der Waals surface area contributed by atoms with Gasteiger partial charge in [-0.1, -0.05) is 56.3 Å². The molecule has 1 saturated heterocycles. The summed E-state index contributed by atoms with van der Waals surface area (Å²) in [4.78, 5) is 27.2. The largest absolute Gasteiger partial charge is 0.445 e. The summed E-state index contributed by atoms with van der Waals surface area (Å²) in [6.45, 7) is 6.79. The number of amides is 2. The predicted molar refractivity (Wildman–Crippen MR) is 110 cm³/mol. The Kier molecular flexibility index (Phi) is 6.02. The zero-order valence-corrected chi connectivity index (χ0v) is 16.8. The highest BCUT2D eigenvalue weighted by Gasteiger charge is 2.46. The Morgan fingerprint density at radius 1 is 1.11 bits per heavy atom. The van der Waals surface area contributed by atoms with Gasteiger partial charge in [0.15, 0.2) is 0 Å². The Morgan fingerprint density at radius 2 is 1.79 bits per heavy atom. The van der Waals surface area contributed by atoms with Gasteiger partial charge in [0.2, 0.25) is 5.91 Å². The lowest BCUT2D eigenvalue weighted by atomic mass is 9.97. The highest BCUT2D eigenvalue weighted by molar-refractivity contribution is 6.00. The highest BCUT2D eigenvalue weighted by Crippen LogP contribution is 2.31. The van der Waals surface area contributed by atoms with Crippen LogP contribution >= 0.6 is 0 Å². The minimum atomic E-state index is -0.912. The molecule has 5 heteroatoms. The van der Waals surface area contributed by atoms with Gasteiger partial charge in [0.1, 0.15) is 12.1 Å². The van der Waals surface area contributed by atoms with Gasteiger partial charge in [0.05, 0.1) is 0 Å². The molecule has 0 saturated carbocycles. The van der Waals surface area contributed by atoms with Crippen molar-refractivity contribution < 1.29 is 14.3 Å². The van der Waals surface area contributed by atoms with Crippen LogP contribution in [-0.2, 0) is 16.1 Å². The molecular formula is C23H28N2O3. The Hall–Kier alpha value is -2.82. The highest BCUT2D eigenvalue weighted by atomic mass is 16.6. The molecule has 1 fully saturated rings. The number of carbonyl (C=O) groups excluding carboxylic acids is 2. The van der Waals surface area contributed by atoms with Crippen LogP contribution in [0.4, 0.5) is 10.5 Å². The fourth-order valence-corrected chi connectivity index (χ4v) is 3.51. The second-order valence-corrected chi connectivity index (χ2v) is 7.80. The smallest absolute Gasteiger partial charge is 0.410 e. The maximum atomic E-state index is 13.0. The third kappa shape index (κ3) is 4.35. The lowest BCUT2D eigenvalue weighted by molar-refractivity contribution is -0.125. The van der Waals surface area contributed by atoms with Crippen molar-refractivity contribution in [2.75, 3.05) is 11.9 Å². The van der Waals surface area contributed by atoms with E-state index in [1.165, 1.54) is 5.56 Å². The average Bonchev–Trinajstić information content (AvgIpc) is 3.10. The number of carbonyl (C=O) groups is 2. The molecule has 5 nitrogen and oxygen atoms in total. The van der Waals surface area contributed by atoms with E-state index in [0.29, 0.717) is 18.9 Å². The topological polar surface area (TPSA) is 58.6 Å². The van der Waals surface area contributed by atoms with Crippen LogP contribution in [0.3, 0.4) is 0 Å². The Morgan fingerprint density at radius 3 is 2.43 bits per heavy atom. The first-order chi connectivity index (χ1) is 13.4. The normalized spacial score (nSPS) is 18.9. The molecule has 1 aliphatic rings. The molecule has 1 N–H and O–H groups in total. The van der Waals surface area contributed by atoms with Gasteiger partial charge in [-0.2, -0.15) is 0 Å². The molecule has 148 valence electrons. The minimum Gasteiger partial charge on any atom is -0.445 e. The van der Waals surface area contributed by atoms with Gasteiger partial charge in [-0.3, -0.25) is 9.69 Å². The van der Waals surface area contributed by atoms with E-state index in [1.807, 2.05) is 61.5 Å². The van der Waals surface area contributed by atoms with Crippen molar-refractivity contribution in [1.82, 2.24) is 4.90 Å². The minimum absolute atomic E-state index is 0.182. The number of hydrogen-bond donors (Lipinski definition) is 1. The van der Waals surface area contributed by atoms with E-state index >= 15 is 0 Å². The number of nitrogens with zero attached hydrogens (tertiary/aromatic N) is 1. The number of nitrogens with one attached hydrogen (secondary N) is 1. The van der Waals surface area contributed by atoms with Crippen molar-refractivity contribution in [3.05, 3.63) is 65.7 Å². The zero-order valence-electron chi connectivity index (χ0n) is 16.8. The van der Waals surface area contributed by atoms with E-state index in [0.717, 1.165) is 17.7 Å². The molecule has 0 bridgehead atoms. The van der Waals surface area contributed by atoms with E-state index in [4.69, 9.17) is 4.74 Å². The Balaban J connectivity index is 1.65. The van der Waals surface area contributed by atoms with Gasteiger partial charge in [-0.25, -0.2) is 4.79 Å². The van der Waals surface area contributed by atoms with Crippen molar-refractivity contribution in [3.63, 3.8) is 0 Å². The number of rotatable bonds is 5. The number of anilines is 1. The molecular weight excluding hydrogens is 352 g/mol. The van der Waals surface area contributed by atoms with Crippen molar-refractivity contribution >= 4 is 17.7 Å².